The number of carbonyl (C=O) groups excluding carboxylic acids is 2. The van der Waals surface area contributed by atoms with Gasteiger partial charge in [0.15, 0.2) is 0 Å². The molecule has 1 N–H and O–H groups in total. The van der Waals surface area contributed by atoms with Gasteiger partial charge in [-0.1, -0.05) is 29.8 Å². The van der Waals surface area contributed by atoms with Crippen LogP contribution in [0.2, 0.25) is 0 Å². The fourth-order valence-corrected chi connectivity index (χ4v) is 2.94. The number of amides is 1. The van der Waals surface area contributed by atoms with E-state index in [0.717, 1.165) is 16.8 Å². The molecule has 0 aliphatic carbocycles. The Hall–Kier alpha value is -3.41. The summed E-state index contributed by atoms with van der Waals surface area (Å²) in [5.74, 6) is -0.532. The van der Waals surface area contributed by atoms with Crippen LogP contribution in [0.1, 0.15) is 44.5 Å². The van der Waals surface area contributed by atoms with Crippen molar-refractivity contribution < 1.29 is 14.3 Å². The van der Waals surface area contributed by atoms with Crippen LogP contribution in [0.5, 0.6) is 0 Å². The summed E-state index contributed by atoms with van der Waals surface area (Å²) >= 11 is 0. The largest absolute Gasteiger partial charge is 0.462 e. The van der Waals surface area contributed by atoms with Gasteiger partial charge in [0.05, 0.1) is 24.2 Å². The van der Waals surface area contributed by atoms with Crippen LogP contribution < -0.4 is 5.32 Å². The van der Waals surface area contributed by atoms with E-state index in [1.165, 1.54) is 6.20 Å². The van der Waals surface area contributed by atoms with Crippen LogP contribution in [-0.4, -0.2) is 28.3 Å². The lowest BCUT2D eigenvalue weighted by atomic mass is 10.1. The van der Waals surface area contributed by atoms with Crippen molar-refractivity contribution in [2.45, 2.75) is 27.3 Å². The molecular weight excluding hydrogens is 354 g/mol. The number of hydrogen-bond donors (Lipinski definition) is 1. The number of rotatable bonds is 6. The molecule has 2 aromatic carbocycles. The maximum Gasteiger partial charge on any atom is 0.341 e. The smallest absolute Gasteiger partial charge is 0.341 e. The third kappa shape index (κ3) is 4.28. The quantitative estimate of drug-likeness (QED) is 0.666. The first-order valence-electron chi connectivity index (χ1n) is 9.15. The summed E-state index contributed by atoms with van der Waals surface area (Å²) in [4.78, 5) is 24.3. The summed E-state index contributed by atoms with van der Waals surface area (Å²) in [6.45, 7) is 6.38. The van der Waals surface area contributed by atoms with Crippen molar-refractivity contribution in [1.82, 2.24) is 15.1 Å². The zero-order valence-corrected chi connectivity index (χ0v) is 16.2. The van der Waals surface area contributed by atoms with Crippen molar-refractivity contribution in [3.05, 3.63) is 82.7 Å². The number of ether oxygens (including phenoxy) is 1. The standard InChI is InChI=1S/C22H23N3O3/c1-4-28-22(27)20-14-24-25(16(20)3)19-10-8-18(9-11-19)21(26)23-13-17-7-5-6-15(2)12-17/h5-12,14H,4,13H2,1-3H3,(H,23,26). The highest BCUT2D eigenvalue weighted by molar-refractivity contribution is 5.94. The number of esters is 1. The van der Waals surface area contributed by atoms with E-state index in [0.29, 0.717) is 30.0 Å². The van der Waals surface area contributed by atoms with Crippen LogP contribution >= 0.6 is 0 Å². The van der Waals surface area contributed by atoms with Crippen molar-refractivity contribution >= 4 is 11.9 Å². The Kier molecular flexibility index (Phi) is 5.89. The van der Waals surface area contributed by atoms with Gasteiger partial charge in [-0.3, -0.25) is 4.79 Å². The van der Waals surface area contributed by atoms with Gasteiger partial charge in [-0.2, -0.15) is 5.10 Å². The summed E-state index contributed by atoms with van der Waals surface area (Å²) in [6.07, 6.45) is 1.50. The number of aryl methyl sites for hydroxylation is 1. The molecule has 0 fully saturated rings. The Morgan fingerprint density at radius 1 is 1.11 bits per heavy atom. The van der Waals surface area contributed by atoms with E-state index in [-0.39, 0.29) is 5.91 Å². The maximum absolute atomic E-state index is 12.4. The average molecular weight is 377 g/mol. The van der Waals surface area contributed by atoms with Gasteiger partial charge in [0, 0.05) is 12.1 Å². The number of carbonyl (C=O) groups is 2. The van der Waals surface area contributed by atoms with Gasteiger partial charge in [-0.05, 0) is 50.6 Å². The molecule has 0 aliphatic rings. The van der Waals surface area contributed by atoms with Crippen molar-refractivity contribution in [2.24, 2.45) is 0 Å². The van der Waals surface area contributed by atoms with Crippen molar-refractivity contribution in [1.29, 1.82) is 0 Å². The third-order valence-corrected chi connectivity index (χ3v) is 4.41. The molecule has 0 saturated heterocycles. The predicted octanol–water partition coefficient (Wildman–Crippen LogP) is 3.60. The minimum atomic E-state index is -0.390. The maximum atomic E-state index is 12.4. The third-order valence-electron chi connectivity index (χ3n) is 4.41. The van der Waals surface area contributed by atoms with Gasteiger partial charge in [0.25, 0.3) is 5.91 Å². The highest BCUT2D eigenvalue weighted by atomic mass is 16.5. The second kappa shape index (κ2) is 8.52. The molecule has 0 spiro atoms. The van der Waals surface area contributed by atoms with Crippen molar-refractivity contribution in [3.63, 3.8) is 0 Å². The number of hydrogen-bond acceptors (Lipinski definition) is 4. The number of benzene rings is 2. The second-order valence-electron chi connectivity index (χ2n) is 6.49. The Morgan fingerprint density at radius 2 is 1.86 bits per heavy atom. The number of aromatic nitrogens is 2. The lowest BCUT2D eigenvalue weighted by Crippen LogP contribution is -2.22. The van der Waals surface area contributed by atoms with Gasteiger partial charge in [-0.25, -0.2) is 9.48 Å². The molecule has 0 unspecified atom stereocenters. The van der Waals surface area contributed by atoms with E-state index in [2.05, 4.69) is 10.4 Å². The van der Waals surface area contributed by atoms with Gasteiger partial charge in [0.2, 0.25) is 0 Å². The monoisotopic (exact) mass is 377 g/mol. The van der Waals surface area contributed by atoms with Crippen LogP contribution in [0.25, 0.3) is 5.69 Å². The van der Waals surface area contributed by atoms with E-state index in [9.17, 15) is 9.59 Å². The molecule has 1 amide bonds. The summed E-state index contributed by atoms with van der Waals surface area (Å²) in [5.41, 5.74) is 4.67. The second-order valence-corrected chi connectivity index (χ2v) is 6.49. The fourth-order valence-electron chi connectivity index (χ4n) is 2.94. The van der Waals surface area contributed by atoms with E-state index < -0.39 is 5.97 Å². The van der Waals surface area contributed by atoms with Gasteiger partial charge >= 0.3 is 5.97 Å². The topological polar surface area (TPSA) is 73.2 Å². The molecular formula is C22H23N3O3. The van der Waals surface area contributed by atoms with Crippen LogP contribution in [0.4, 0.5) is 0 Å². The zero-order chi connectivity index (χ0) is 20.1. The lowest BCUT2D eigenvalue weighted by molar-refractivity contribution is 0.0525. The van der Waals surface area contributed by atoms with Crippen LogP contribution in [0.3, 0.4) is 0 Å². The van der Waals surface area contributed by atoms with Gasteiger partial charge in [0.1, 0.15) is 5.56 Å². The summed E-state index contributed by atoms with van der Waals surface area (Å²) in [6, 6.07) is 15.1. The molecule has 1 aromatic heterocycles. The van der Waals surface area contributed by atoms with E-state index in [1.807, 2.05) is 38.1 Å². The molecule has 3 aromatic rings. The molecule has 0 aliphatic heterocycles. The molecule has 0 bridgehead atoms. The lowest BCUT2D eigenvalue weighted by Gasteiger charge is -2.08. The van der Waals surface area contributed by atoms with E-state index in [1.54, 1.807) is 35.9 Å². The summed E-state index contributed by atoms with van der Waals surface area (Å²) < 4.78 is 6.69. The van der Waals surface area contributed by atoms with Crippen LogP contribution in [-0.2, 0) is 11.3 Å². The molecule has 1 heterocycles. The Labute approximate surface area is 164 Å². The van der Waals surface area contributed by atoms with E-state index in [4.69, 9.17) is 4.74 Å². The molecule has 6 heteroatoms. The summed E-state index contributed by atoms with van der Waals surface area (Å²) in [5, 5.41) is 7.19. The van der Waals surface area contributed by atoms with Gasteiger partial charge < -0.3 is 10.1 Å². The highest BCUT2D eigenvalue weighted by Gasteiger charge is 2.16. The first-order chi connectivity index (χ1) is 13.5. The predicted molar refractivity (Wildman–Crippen MR) is 107 cm³/mol. The van der Waals surface area contributed by atoms with Crippen LogP contribution in [0, 0.1) is 13.8 Å². The Bertz CT molecular complexity index is 991. The van der Waals surface area contributed by atoms with Crippen molar-refractivity contribution in [2.75, 3.05) is 6.61 Å². The molecule has 0 atom stereocenters. The van der Waals surface area contributed by atoms with E-state index >= 15 is 0 Å². The first-order valence-corrected chi connectivity index (χ1v) is 9.15. The normalized spacial score (nSPS) is 10.5. The Morgan fingerprint density at radius 3 is 2.54 bits per heavy atom. The molecule has 6 nitrogen and oxygen atoms in total. The molecule has 0 saturated carbocycles. The molecule has 0 radical (unpaired) electrons. The minimum absolute atomic E-state index is 0.141. The van der Waals surface area contributed by atoms with Crippen LogP contribution in [0.15, 0.2) is 54.7 Å². The first kappa shape index (κ1) is 19.4. The minimum Gasteiger partial charge on any atom is -0.462 e. The molecule has 144 valence electrons. The molecule has 3 rings (SSSR count). The average Bonchev–Trinajstić information content (AvgIpc) is 3.08. The Balaban J connectivity index is 1.69. The van der Waals surface area contributed by atoms with Crippen molar-refractivity contribution in [3.8, 4) is 5.69 Å². The van der Waals surface area contributed by atoms with Gasteiger partial charge in [-0.15, -0.1) is 0 Å². The zero-order valence-electron chi connectivity index (χ0n) is 16.2. The highest BCUT2D eigenvalue weighted by Crippen LogP contribution is 2.16. The number of nitrogens with zero attached hydrogens (tertiary/aromatic N) is 2. The number of nitrogens with one attached hydrogen (secondary N) is 1. The summed E-state index contributed by atoms with van der Waals surface area (Å²) in [7, 11) is 0. The fraction of sp³-hybridized carbons (Fsp3) is 0.227. The molecule has 28 heavy (non-hydrogen) atoms. The SMILES string of the molecule is CCOC(=O)c1cnn(-c2ccc(C(=O)NCc3cccc(C)c3)cc2)c1C.